The lowest BCUT2D eigenvalue weighted by molar-refractivity contribution is -0.241. The number of carboxylic acid groups (broad SMARTS) is 1. The molecule has 0 aliphatic rings. The van der Waals surface area contributed by atoms with Crippen LogP contribution in [0, 0.1) is 5.41 Å². The van der Waals surface area contributed by atoms with Crippen LogP contribution in [-0.2, 0) is 19.0 Å². The summed E-state index contributed by atoms with van der Waals surface area (Å²) in [6.45, 7) is 11.5. The molecule has 0 radical (unpaired) electrons. The molecule has 0 aliphatic carbocycles. The Morgan fingerprint density at radius 3 is 2.23 bits per heavy atom. The highest BCUT2D eigenvalue weighted by Gasteiger charge is 2.28. The number of ether oxygens (including phenoxy) is 3. The van der Waals surface area contributed by atoms with E-state index in [4.69, 9.17) is 19.3 Å². The molecule has 2 atom stereocenters. The van der Waals surface area contributed by atoms with Gasteiger partial charge in [-0.05, 0) is 32.1 Å². The smallest absolute Gasteiger partial charge is 0.407 e. The predicted molar refractivity (Wildman–Crippen MR) is 96.9 cm³/mol. The molecule has 0 saturated carbocycles. The highest BCUT2D eigenvalue weighted by atomic mass is 16.7. The number of rotatable bonds is 12. The minimum Gasteiger partial charge on any atom is -0.481 e. The molecule has 0 aliphatic heterocycles. The van der Waals surface area contributed by atoms with Gasteiger partial charge in [-0.3, -0.25) is 4.79 Å². The van der Waals surface area contributed by atoms with E-state index in [1.165, 1.54) is 0 Å². The Morgan fingerprint density at radius 1 is 1.15 bits per heavy atom. The Balaban J connectivity index is 4.73. The second-order valence-corrected chi connectivity index (χ2v) is 8.04. The Labute approximate surface area is 156 Å². The van der Waals surface area contributed by atoms with Crippen LogP contribution in [0.4, 0.5) is 4.79 Å². The molecule has 0 fully saturated rings. The van der Waals surface area contributed by atoms with Crippen LogP contribution in [0.15, 0.2) is 0 Å². The van der Waals surface area contributed by atoms with Gasteiger partial charge >= 0.3 is 12.1 Å². The lowest BCUT2D eigenvalue weighted by Crippen LogP contribution is -2.40. The van der Waals surface area contributed by atoms with E-state index in [2.05, 4.69) is 5.32 Å². The Morgan fingerprint density at radius 2 is 1.77 bits per heavy atom. The predicted octanol–water partition coefficient (Wildman–Crippen LogP) is 2.53. The maximum Gasteiger partial charge on any atom is 0.407 e. The van der Waals surface area contributed by atoms with E-state index in [-0.39, 0.29) is 31.6 Å². The molecule has 1 amide bonds. The fourth-order valence-electron chi connectivity index (χ4n) is 2.06. The van der Waals surface area contributed by atoms with E-state index in [1.807, 2.05) is 41.5 Å². The number of carbonyl (C=O) groups is 2. The lowest BCUT2D eigenvalue weighted by Gasteiger charge is -2.33. The lowest BCUT2D eigenvalue weighted by atomic mass is 9.89. The van der Waals surface area contributed by atoms with Gasteiger partial charge in [0.25, 0.3) is 0 Å². The number of amides is 1. The van der Waals surface area contributed by atoms with Crippen molar-refractivity contribution < 1.29 is 34.0 Å². The molecule has 3 N–H and O–H groups in total. The highest BCUT2D eigenvalue weighted by molar-refractivity contribution is 5.70. The normalized spacial score (nSPS) is 14.6. The van der Waals surface area contributed by atoms with Gasteiger partial charge in [-0.2, -0.15) is 0 Å². The average Bonchev–Trinajstić information content (AvgIpc) is 2.50. The molecule has 0 spiro atoms. The van der Waals surface area contributed by atoms with Gasteiger partial charge in [-0.25, -0.2) is 4.79 Å². The largest absolute Gasteiger partial charge is 0.481 e. The van der Waals surface area contributed by atoms with E-state index in [0.29, 0.717) is 6.42 Å². The number of alkyl carbamates (subject to hydrolysis) is 1. The summed E-state index contributed by atoms with van der Waals surface area (Å²) in [6, 6.07) is 0. The van der Waals surface area contributed by atoms with E-state index in [9.17, 15) is 14.7 Å². The van der Waals surface area contributed by atoms with Gasteiger partial charge in [0.2, 0.25) is 0 Å². The van der Waals surface area contributed by atoms with Gasteiger partial charge in [0, 0.05) is 6.54 Å². The van der Waals surface area contributed by atoms with Crippen molar-refractivity contribution in [2.24, 2.45) is 5.41 Å². The number of aliphatic carboxylic acids is 1. The van der Waals surface area contributed by atoms with Crippen LogP contribution in [-0.4, -0.2) is 60.0 Å². The quantitative estimate of drug-likeness (QED) is 0.448. The second kappa shape index (κ2) is 11.4. The van der Waals surface area contributed by atoms with Gasteiger partial charge in [0.05, 0.1) is 24.7 Å². The number of aliphatic hydroxyl groups excluding tert-OH is 1. The van der Waals surface area contributed by atoms with Crippen molar-refractivity contribution in [3.63, 3.8) is 0 Å². The minimum atomic E-state index is -1.01. The Hall–Kier alpha value is -1.38. The van der Waals surface area contributed by atoms with Crippen LogP contribution < -0.4 is 5.32 Å². The number of carbonyl (C=O) groups excluding carboxylic acids is 1. The first-order valence-electron chi connectivity index (χ1n) is 8.95. The van der Waals surface area contributed by atoms with E-state index in [1.54, 1.807) is 0 Å². The van der Waals surface area contributed by atoms with Crippen molar-refractivity contribution in [1.29, 1.82) is 0 Å². The topological polar surface area (TPSA) is 114 Å². The summed E-state index contributed by atoms with van der Waals surface area (Å²) in [5, 5.41) is 20.5. The van der Waals surface area contributed by atoms with Crippen molar-refractivity contribution in [3.8, 4) is 0 Å². The molecule has 8 heteroatoms. The summed E-state index contributed by atoms with van der Waals surface area (Å²) < 4.78 is 16.8. The van der Waals surface area contributed by atoms with Crippen LogP contribution in [0.2, 0.25) is 0 Å². The standard InChI is InChI=1S/C18H35NO7/c1-7-18(5,6)26-15(25-13(11-20)10-17(2,3)4)12-24-16(23)19-9-8-14(21)22/h13,15,20H,7-12H2,1-6H3,(H,19,23)(H,21,22). The van der Waals surface area contributed by atoms with Gasteiger partial charge < -0.3 is 29.7 Å². The number of aliphatic hydroxyl groups is 1. The second-order valence-electron chi connectivity index (χ2n) is 8.04. The van der Waals surface area contributed by atoms with Crippen molar-refractivity contribution >= 4 is 12.1 Å². The number of hydrogen-bond donors (Lipinski definition) is 3. The third kappa shape index (κ3) is 12.9. The zero-order valence-electron chi connectivity index (χ0n) is 16.8. The first-order valence-corrected chi connectivity index (χ1v) is 8.95. The molecule has 0 saturated heterocycles. The maximum absolute atomic E-state index is 11.7. The van der Waals surface area contributed by atoms with Crippen molar-refractivity contribution in [3.05, 3.63) is 0 Å². The van der Waals surface area contributed by atoms with Gasteiger partial charge in [0.15, 0.2) is 6.29 Å². The first-order chi connectivity index (χ1) is 11.9. The number of nitrogens with one attached hydrogen (secondary N) is 1. The third-order valence-corrected chi connectivity index (χ3v) is 3.65. The molecule has 2 unspecified atom stereocenters. The van der Waals surface area contributed by atoms with Crippen molar-refractivity contribution in [1.82, 2.24) is 5.32 Å². The van der Waals surface area contributed by atoms with Crippen molar-refractivity contribution in [2.75, 3.05) is 19.8 Å². The SMILES string of the molecule is CCC(C)(C)OC(COC(=O)NCCC(=O)O)OC(CO)CC(C)(C)C. The molecular weight excluding hydrogens is 342 g/mol. The molecule has 0 aromatic rings. The number of hydrogen-bond acceptors (Lipinski definition) is 6. The monoisotopic (exact) mass is 377 g/mol. The fraction of sp³-hybridized carbons (Fsp3) is 0.889. The van der Waals surface area contributed by atoms with Crippen LogP contribution in [0.25, 0.3) is 0 Å². The van der Waals surface area contributed by atoms with Gasteiger partial charge in [-0.1, -0.05) is 27.7 Å². The van der Waals surface area contributed by atoms with Crippen LogP contribution in [0.1, 0.15) is 60.8 Å². The third-order valence-electron chi connectivity index (χ3n) is 3.65. The first kappa shape index (κ1) is 24.6. The van der Waals surface area contributed by atoms with E-state index >= 15 is 0 Å². The summed E-state index contributed by atoms with van der Waals surface area (Å²) in [4.78, 5) is 22.1. The molecule has 0 heterocycles. The zero-order chi connectivity index (χ0) is 20.4. The fourth-order valence-corrected chi connectivity index (χ4v) is 2.06. The summed E-state index contributed by atoms with van der Waals surface area (Å²) in [5.41, 5.74) is -0.539. The Bertz CT molecular complexity index is 432. The summed E-state index contributed by atoms with van der Waals surface area (Å²) in [6.07, 6.45) is -0.885. The summed E-state index contributed by atoms with van der Waals surface area (Å²) in [5.74, 6) is -1.01. The maximum atomic E-state index is 11.7. The highest BCUT2D eigenvalue weighted by Crippen LogP contribution is 2.25. The van der Waals surface area contributed by atoms with Gasteiger partial charge in [-0.15, -0.1) is 0 Å². The molecule has 0 rings (SSSR count). The summed E-state index contributed by atoms with van der Waals surface area (Å²) >= 11 is 0. The van der Waals surface area contributed by atoms with E-state index < -0.39 is 30.1 Å². The molecule has 26 heavy (non-hydrogen) atoms. The van der Waals surface area contributed by atoms with Crippen molar-refractivity contribution in [2.45, 2.75) is 78.8 Å². The van der Waals surface area contributed by atoms with Crippen LogP contribution in [0.3, 0.4) is 0 Å². The molecular formula is C18H35NO7. The molecule has 0 bridgehead atoms. The van der Waals surface area contributed by atoms with Crippen LogP contribution in [0.5, 0.6) is 0 Å². The molecule has 154 valence electrons. The minimum absolute atomic E-state index is 0.0235. The van der Waals surface area contributed by atoms with Gasteiger partial charge in [0.1, 0.15) is 6.61 Å². The number of carboxylic acids is 1. The Kier molecular flexibility index (Phi) is 10.8. The van der Waals surface area contributed by atoms with E-state index in [0.717, 1.165) is 6.42 Å². The van der Waals surface area contributed by atoms with Crippen LogP contribution >= 0.6 is 0 Å². The molecule has 0 aromatic heterocycles. The average molecular weight is 377 g/mol. The zero-order valence-corrected chi connectivity index (χ0v) is 16.8. The molecule has 8 nitrogen and oxygen atoms in total. The summed E-state index contributed by atoms with van der Waals surface area (Å²) in [7, 11) is 0. The molecule has 0 aromatic carbocycles.